The van der Waals surface area contributed by atoms with Crippen molar-refractivity contribution in [3.8, 4) is 5.75 Å². The molecule has 2 rings (SSSR count). The number of nitrogens with two attached hydrogens (primary N) is 1. The predicted molar refractivity (Wildman–Crippen MR) is 69.2 cm³/mol. The highest BCUT2D eigenvalue weighted by Gasteiger charge is 2.31. The van der Waals surface area contributed by atoms with Gasteiger partial charge in [-0.15, -0.1) is 0 Å². The minimum absolute atomic E-state index is 0.308. The van der Waals surface area contributed by atoms with Crippen molar-refractivity contribution < 1.29 is 17.9 Å². The molecule has 0 amide bonds. The number of nitrogens with zero attached hydrogens (tertiary/aromatic N) is 2. The Hall–Kier alpha value is -2.19. The molecule has 0 aliphatic heterocycles. The van der Waals surface area contributed by atoms with Crippen molar-refractivity contribution in [1.82, 2.24) is 15.4 Å². The number of hydrazine groups is 1. The van der Waals surface area contributed by atoms with E-state index in [9.17, 15) is 13.2 Å². The van der Waals surface area contributed by atoms with Crippen LogP contribution >= 0.6 is 0 Å². The van der Waals surface area contributed by atoms with Crippen molar-refractivity contribution in [3.63, 3.8) is 0 Å². The molecule has 5 nitrogen and oxygen atoms in total. The van der Waals surface area contributed by atoms with Crippen LogP contribution in [0, 0.1) is 0 Å². The van der Waals surface area contributed by atoms with Crippen LogP contribution in [0.25, 0.3) is 0 Å². The molecule has 112 valence electrons. The fourth-order valence-corrected chi connectivity index (χ4v) is 1.84. The lowest BCUT2D eigenvalue weighted by Crippen LogP contribution is -2.30. The maximum Gasteiger partial charge on any atom is 0.417 e. The second-order valence-electron chi connectivity index (χ2n) is 4.16. The molecular formula is C13H13F3N4O. The quantitative estimate of drug-likeness (QED) is 0.667. The Bertz CT molecular complexity index is 601. The highest BCUT2D eigenvalue weighted by molar-refractivity contribution is 5.35. The molecule has 0 aliphatic carbocycles. The molecule has 8 heteroatoms. The normalized spacial score (nSPS) is 13.0. The van der Waals surface area contributed by atoms with E-state index in [1.807, 2.05) is 0 Å². The molecule has 2 heterocycles. The van der Waals surface area contributed by atoms with Gasteiger partial charge in [-0.3, -0.25) is 15.8 Å². The van der Waals surface area contributed by atoms with Crippen molar-refractivity contribution >= 4 is 0 Å². The van der Waals surface area contributed by atoms with Crippen LogP contribution in [0.15, 0.2) is 36.7 Å². The van der Waals surface area contributed by atoms with E-state index in [-0.39, 0.29) is 0 Å². The average Bonchev–Trinajstić information content (AvgIpc) is 2.48. The molecule has 0 bridgehead atoms. The van der Waals surface area contributed by atoms with E-state index < -0.39 is 17.8 Å². The Balaban J connectivity index is 2.38. The zero-order valence-electron chi connectivity index (χ0n) is 11.1. The summed E-state index contributed by atoms with van der Waals surface area (Å²) in [5, 5.41) is 0. The molecule has 0 saturated heterocycles. The SMILES string of the molecule is COc1cccnc1C(NN)c1ccc(C(F)(F)F)cn1. The smallest absolute Gasteiger partial charge is 0.417 e. The summed E-state index contributed by atoms with van der Waals surface area (Å²) in [6, 6.07) is 4.87. The maximum atomic E-state index is 12.5. The number of nitrogens with one attached hydrogen (secondary N) is 1. The Morgan fingerprint density at radius 2 is 2.00 bits per heavy atom. The number of aromatic nitrogens is 2. The number of hydrogen-bond acceptors (Lipinski definition) is 5. The van der Waals surface area contributed by atoms with E-state index in [1.54, 1.807) is 12.1 Å². The summed E-state index contributed by atoms with van der Waals surface area (Å²) in [7, 11) is 1.47. The van der Waals surface area contributed by atoms with Gasteiger partial charge in [-0.2, -0.15) is 13.2 Å². The van der Waals surface area contributed by atoms with E-state index >= 15 is 0 Å². The van der Waals surface area contributed by atoms with E-state index in [2.05, 4.69) is 15.4 Å². The lowest BCUT2D eigenvalue weighted by molar-refractivity contribution is -0.137. The Kier molecular flexibility index (Phi) is 4.39. The lowest BCUT2D eigenvalue weighted by atomic mass is 10.1. The van der Waals surface area contributed by atoms with E-state index in [1.165, 1.54) is 19.4 Å². The van der Waals surface area contributed by atoms with Crippen molar-refractivity contribution in [2.45, 2.75) is 12.2 Å². The number of methoxy groups -OCH3 is 1. The third kappa shape index (κ3) is 3.29. The molecule has 0 saturated carbocycles. The molecule has 2 aromatic heterocycles. The van der Waals surface area contributed by atoms with Crippen molar-refractivity contribution in [2.24, 2.45) is 5.84 Å². The topological polar surface area (TPSA) is 73.1 Å². The Morgan fingerprint density at radius 1 is 1.24 bits per heavy atom. The average molecular weight is 298 g/mol. The van der Waals surface area contributed by atoms with Gasteiger partial charge in [0.2, 0.25) is 0 Å². The molecule has 0 radical (unpaired) electrons. The van der Waals surface area contributed by atoms with Crippen LogP contribution < -0.4 is 16.0 Å². The molecule has 21 heavy (non-hydrogen) atoms. The van der Waals surface area contributed by atoms with E-state index in [4.69, 9.17) is 10.6 Å². The monoisotopic (exact) mass is 298 g/mol. The Labute approximate surface area is 118 Å². The van der Waals surface area contributed by atoms with E-state index in [0.717, 1.165) is 12.3 Å². The van der Waals surface area contributed by atoms with Gasteiger partial charge < -0.3 is 4.74 Å². The number of ether oxygens (including phenoxy) is 1. The van der Waals surface area contributed by atoms with Gasteiger partial charge >= 0.3 is 6.18 Å². The largest absolute Gasteiger partial charge is 0.495 e. The molecule has 1 atom stereocenters. The number of halogens is 3. The first kappa shape index (κ1) is 15.2. The summed E-state index contributed by atoms with van der Waals surface area (Å²) in [6.07, 6.45) is -2.14. The van der Waals surface area contributed by atoms with Crippen LogP contribution in [0.5, 0.6) is 5.75 Å². The summed E-state index contributed by atoms with van der Waals surface area (Å²) in [5.74, 6) is 5.94. The summed E-state index contributed by atoms with van der Waals surface area (Å²) in [6.45, 7) is 0. The first-order valence-electron chi connectivity index (χ1n) is 5.95. The summed E-state index contributed by atoms with van der Waals surface area (Å²) in [4.78, 5) is 7.95. The highest BCUT2D eigenvalue weighted by Crippen LogP contribution is 2.30. The highest BCUT2D eigenvalue weighted by atomic mass is 19.4. The zero-order valence-corrected chi connectivity index (χ0v) is 11.1. The first-order valence-corrected chi connectivity index (χ1v) is 5.95. The van der Waals surface area contributed by atoms with Crippen LogP contribution in [0.4, 0.5) is 13.2 Å². The molecular weight excluding hydrogens is 285 g/mol. The fraction of sp³-hybridized carbons (Fsp3) is 0.231. The van der Waals surface area contributed by atoms with Gasteiger partial charge in [0.1, 0.15) is 17.5 Å². The van der Waals surface area contributed by atoms with Crippen LogP contribution in [0.2, 0.25) is 0 Å². The maximum absolute atomic E-state index is 12.5. The zero-order chi connectivity index (χ0) is 15.5. The number of hydrogen-bond donors (Lipinski definition) is 2. The number of rotatable bonds is 4. The van der Waals surface area contributed by atoms with Crippen molar-refractivity contribution in [2.75, 3.05) is 7.11 Å². The molecule has 0 spiro atoms. The third-order valence-corrected chi connectivity index (χ3v) is 2.87. The molecule has 0 aliphatic rings. The minimum Gasteiger partial charge on any atom is -0.495 e. The van der Waals surface area contributed by atoms with Crippen molar-refractivity contribution in [3.05, 3.63) is 53.6 Å². The van der Waals surface area contributed by atoms with Gasteiger partial charge in [0, 0.05) is 12.4 Å². The van der Waals surface area contributed by atoms with Gasteiger partial charge in [-0.05, 0) is 24.3 Å². The van der Waals surface area contributed by atoms with Gasteiger partial charge in [0.15, 0.2) is 0 Å². The summed E-state index contributed by atoms with van der Waals surface area (Å²) in [5.41, 5.74) is 2.40. The molecule has 0 aromatic carbocycles. The molecule has 3 N–H and O–H groups in total. The molecule has 2 aromatic rings. The second kappa shape index (κ2) is 6.06. The number of pyridine rings is 2. The Morgan fingerprint density at radius 3 is 2.52 bits per heavy atom. The predicted octanol–water partition coefficient (Wildman–Crippen LogP) is 2.06. The first-order chi connectivity index (χ1) is 9.97. The fourth-order valence-electron chi connectivity index (χ4n) is 1.84. The second-order valence-corrected chi connectivity index (χ2v) is 4.16. The van der Waals surface area contributed by atoms with Crippen LogP contribution in [0.1, 0.15) is 23.0 Å². The summed E-state index contributed by atoms with van der Waals surface area (Å²) < 4.78 is 42.8. The third-order valence-electron chi connectivity index (χ3n) is 2.87. The number of alkyl halides is 3. The minimum atomic E-state index is -4.43. The lowest BCUT2D eigenvalue weighted by Gasteiger charge is -2.17. The molecule has 1 unspecified atom stereocenters. The molecule has 0 fully saturated rings. The van der Waals surface area contributed by atoms with Gasteiger partial charge in [-0.25, -0.2) is 5.43 Å². The van der Waals surface area contributed by atoms with Crippen LogP contribution in [0.3, 0.4) is 0 Å². The van der Waals surface area contributed by atoms with E-state index in [0.29, 0.717) is 17.1 Å². The standard InChI is InChI=1S/C13H13F3N4O/c1-21-10-3-2-6-18-12(10)11(20-17)9-5-4-8(7-19-9)13(14,15)16/h2-7,11,20H,17H2,1H3. The summed E-state index contributed by atoms with van der Waals surface area (Å²) >= 11 is 0. The van der Waals surface area contributed by atoms with Gasteiger partial charge in [-0.1, -0.05) is 0 Å². The van der Waals surface area contributed by atoms with Crippen LogP contribution in [-0.2, 0) is 6.18 Å². The van der Waals surface area contributed by atoms with Crippen molar-refractivity contribution in [1.29, 1.82) is 0 Å². The van der Waals surface area contributed by atoms with Gasteiger partial charge in [0.05, 0.1) is 18.4 Å². The van der Waals surface area contributed by atoms with Crippen LogP contribution in [-0.4, -0.2) is 17.1 Å². The van der Waals surface area contributed by atoms with Gasteiger partial charge in [0.25, 0.3) is 0 Å².